The Bertz CT molecular complexity index is 1000. The molecule has 1 saturated carbocycles. The lowest BCUT2D eigenvalue weighted by atomic mass is 9.79. The highest BCUT2D eigenvalue weighted by Crippen LogP contribution is 2.32. The smallest absolute Gasteiger partial charge is 0.239 e. The van der Waals surface area contributed by atoms with Crippen molar-refractivity contribution in [3.63, 3.8) is 0 Å². The van der Waals surface area contributed by atoms with Gasteiger partial charge in [0.1, 0.15) is 12.3 Å². The van der Waals surface area contributed by atoms with Crippen molar-refractivity contribution in [1.82, 2.24) is 25.3 Å². The zero-order valence-corrected chi connectivity index (χ0v) is 20.5. The lowest BCUT2D eigenvalue weighted by molar-refractivity contribution is -0.146. The molecule has 1 aromatic carbocycles. The number of rotatable bonds is 6. The van der Waals surface area contributed by atoms with Gasteiger partial charge >= 0.3 is 0 Å². The number of nitrogens with one attached hydrogen (secondary N) is 2. The number of amides is 3. The van der Waals surface area contributed by atoms with Crippen molar-refractivity contribution in [2.45, 2.75) is 44.8 Å². The summed E-state index contributed by atoms with van der Waals surface area (Å²) in [7, 11) is 1.52. The molecule has 10 nitrogen and oxygen atoms in total. The van der Waals surface area contributed by atoms with E-state index in [0.29, 0.717) is 24.0 Å². The average molecular weight is 483 g/mol. The van der Waals surface area contributed by atoms with Crippen LogP contribution in [0.1, 0.15) is 37.3 Å². The molecule has 0 radical (unpaired) electrons. The molecule has 0 bridgehead atoms. The molecule has 188 valence electrons. The first-order chi connectivity index (χ1) is 16.9. The van der Waals surface area contributed by atoms with Crippen molar-refractivity contribution in [1.29, 1.82) is 5.26 Å². The number of piperazine rings is 1. The van der Waals surface area contributed by atoms with E-state index in [9.17, 15) is 14.4 Å². The number of nitriles is 1. The van der Waals surface area contributed by atoms with Gasteiger partial charge in [-0.1, -0.05) is 6.07 Å². The molecule has 3 fully saturated rings. The van der Waals surface area contributed by atoms with Crippen LogP contribution >= 0.6 is 0 Å². The van der Waals surface area contributed by atoms with Crippen molar-refractivity contribution in [2.75, 3.05) is 46.5 Å². The zero-order valence-electron chi connectivity index (χ0n) is 20.5. The van der Waals surface area contributed by atoms with Gasteiger partial charge < -0.3 is 19.9 Å². The Hall–Kier alpha value is -3.16. The number of hydrogen-bond donors (Lipinski definition) is 2. The normalized spacial score (nSPS) is 24.9. The molecular weight excluding hydrogens is 448 g/mol. The van der Waals surface area contributed by atoms with Crippen molar-refractivity contribution in [3.05, 3.63) is 29.3 Å². The van der Waals surface area contributed by atoms with E-state index in [2.05, 4.69) is 21.6 Å². The summed E-state index contributed by atoms with van der Waals surface area (Å²) in [4.78, 5) is 43.5. The summed E-state index contributed by atoms with van der Waals surface area (Å²) in [6.45, 7) is 5.39. The summed E-state index contributed by atoms with van der Waals surface area (Å²) in [5.74, 6) is 0.316. The summed E-state index contributed by atoms with van der Waals surface area (Å²) < 4.78 is 5.32. The Morgan fingerprint density at radius 1 is 1.23 bits per heavy atom. The van der Waals surface area contributed by atoms with E-state index in [-0.39, 0.29) is 42.8 Å². The predicted molar refractivity (Wildman–Crippen MR) is 128 cm³/mol. The van der Waals surface area contributed by atoms with Gasteiger partial charge in [0, 0.05) is 57.3 Å². The van der Waals surface area contributed by atoms with E-state index in [1.165, 1.54) is 7.11 Å². The third-order valence-electron chi connectivity index (χ3n) is 7.50. The Morgan fingerprint density at radius 3 is 2.69 bits per heavy atom. The van der Waals surface area contributed by atoms with Crippen LogP contribution in [0, 0.1) is 17.2 Å². The fourth-order valence-corrected chi connectivity index (χ4v) is 5.46. The molecule has 0 spiro atoms. The van der Waals surface area contributed by atoms with Crippen LogP contribution in [-0.2, 0) is 20.9 Å². The van der Waals surface area contributed by atoms with Gasteiger partial charge in [-0.25, -0.2) is 0 Å². The second-order valence-electron chi connectivity index (χ2n) is 9.54. The fraction of sp³-hybridized carbons (Fsp3) is 0.600. The molecule has 3 atom stereocenters. The van der Waals surface area contributed by atoms with Crippen molar-refractivity contribution in [2.24, 2.45) is 5.92 Å². The topological polar surface area (TPSA) is 118 Å². The molecule has 4 rings (SSSR count). The first-order valence-corrected chi connectivity index (χ1v) is 12.2. The van der Waals surface area contributed by atoms with Gasteiger partial charge in [-0.3, -0.25) is 24.6 Å². The van der Waals surface area contributed by atoms with Crippen LogP contribution in [0.15, 0.2) is 18.2 Å². The molecule has 10 heteroatoms. The van der Waals surface area contributed by atoms with Crippen LogP contribution in [0.25, 0.3) is 0 Å². The van der Waals surface area contributed by atoms with Crippen LogP contribution < -0.4 is 15.4 Å². The molecule has 3 unspecified atom stereocenters. The first kappa shape index (κ1) is 24.9. The van der Waals surface area contributed by atoms with Crippen molar-refractivity contribution in [3.8, 4) is 11.8 Å². The van der Waals surface area contributed by atoms with Gasteiger partial charge in [0.2, 0.25) is 17.7 Å². The highest BCUT2D eigenvalue weighted by atomic mass is 16.5. The molecule has 3 amide bonds. The molecule has 2 heterocycles. The molecule has 3 aliphatic rings. The lowest BCUT2D eigenvalue weighted by Gasteiger charge is -2.47. The van der Waals surface area contributed by atoms with Crippen LogP contribution in [0.3, 0.4) is 0 Å². The van der Waals surface area contributed by atoms with Gasteiger partial charge in [-0.2, -0.15) is 5.26 Å². The second kappa shape index (κ2) is 11.1. The highest BCUT2D eigenvalue weighted by Gasteiger charge is 2.42. The van der Waals surface area contributed by atoms with Gasteiger partial charge in [0.05, 0.1) is 31.3 Å². The molecule has 2 N–H and O–H groups in total. The third-order valence-corrected chi connectivity index (χ3v) is 7.50. The van der Waals surface area contributed by atoms with Crippen molar-refractivity contribution >= 4 is 17.7 Å². The van der Waals surface area contributed by atoms with Crippen molar-refractivity contribution < 1.29 is 19.1 Å². The van der Waals surface area contributed by atoms with Gasteiger partial charge in [0.25, 0.3) is 0 Å². The summed E-state index contributed by atoms with van der Waals surface area (Å²) in [6.07, 6.45) is 2.75. The van der Waals surface area contributed by atoms with Gasteiger partial charge in [0.15, 0.2) is 0 Å². The first-order valence-electron chi connectivity index (χ1n) is 12.2. The standard InChI is InChI=1S/C25H34N6O4/c1-17(32)29-7-9-30(10-8-29)20-5-6-22-21(12-20)25(34)31(16-28-22)15-24(33)27-14-19-4-3-18(13-26)11-23(19)35-2/h3-4,11,20-22,28H,5-10,12,14-16H2,1-2H3,(H,27,33). The molecule has 2 aliphatic heterocycles. The number of fused-ring (bicyclic) bond motifs is 1. The number of carbonyl (C=O) groups excluding carboxylic acids is 3. The van der Waals surface area contributed by atoms with E-state index in [1.807, 2.05) is 4.90 Å². The molecule has 35 heavy (non-hydrogen) atoms. The van der Waals surface area contributed by atoms with Gasteiger partial charge in [-0.15, -0.1) is 0 Å². The largest absolute Gasteiger partial charge is 0.496 e. The zero-order chi connectivity index (χ0) is 24.9. The third kappa shape index (κ3) is 5.74. The van der Waals surface area contributed by atoms with Crippen LogP contribution in [-0.4, -0.2) is 91.0 Å². The summed E-state index contributed by atoms with van der Waals surface area (Å²) in [5, 5.41) is 15.4. The Morgan fingerprint density at radius 2 is 2.00 bits per heavy atom. The van der Waals surface area contributed by atoms with Gasteiger partial charge in [-0.05, 0) is 31.4 Å². The molecule has 1 aromatic rings. The Labute approximate surface area is 206 Å². The minimum atomic E-state index is -0.238. The number of benzene rings is 1. The Balaban J connectivity index is 1.30. The van der Waals surface area contributed by atoms with E-state index >= 15 is 0 Å². The minimum absolute atomic E-state index is 0.00436. The maximum Gasteiger partial charge on any atom is 0.239 e. The molecular formula is C25H34N6O4. The highest BCUT2D eigenvalue weighted by molar-refractivity contribution is 5.87. The van der Waals surface area contributed by atoms with E-state index in [1.54, 1.807) is 30.0 Å². The van der Waals surface area contributed by atoms with Crippen LogP contribution in [0.5, 0.6) is 5.75 Å². The summed E-state index contributed by atoms with van der Waals surface area (Å²) >= 11 is 0. The molecule has 2 saturated heterocycles. The maximum absolute atomic E-state index is 13.3. The molecule has 1 aliphatic carbocycles. The predicted octanol–water partition coefficient (Wildman–Crippen LogP) is 0.274. The lowest BCUT2D eigenvalue weighted by Crippen LogP contribution is -2.62. The SMILES string of the molecule is COc1cc(C#N)ccc1CNC(=O)CN1CNC2CCC(N3CCN(C(C)=O)CC3)CC2C1=O. The summed E-state index contributed by atoms with van der Waals surface area (Å²) in [6, 6.07) is 7.63. The minimum Gasteiger partial charge on any atom is -0.496 e. The number of carbonyl (C=O) groups is 3. The number of hydrogen-bond acceptors (Lipinski definition) is 7. The second-order valence-corrected chi connectivity index (χ2v) is 9.54. The Kier molecular flexibility index (Phi) is 7.88. The van der Waals surface area contributed by atoms with Crippen LogP contribution in [0.2, 0.25) is 0 Å². The molecule has 0 aromatic heterocycles. The fourth-order valence-electron chi connectivity index (χ4n) is 5.46. The maximum atomic E-state index is 13.3. The number of nitrogens with zero attached hydrogens (tertiary/aromatic N) is 4. The summed E-state index contributed by atoms with van der Waals surface area (Å²) in [5.41, 5.74) is 1.26. The average Bonchev–Trinajstić information content (AvgIpc) is 2.89. The van der Waals surface area contributed by atoms with Crippen LogP contribution in [0.4, 0.5) is 0 Å². The number of ether oxygens (including phenoxy) is 1. The van der Waals surface area contributed by atoms with E-state index in [0.717, 1.165) is 51.0 Å². The number of methoxy groups -OCH3 is 1. The van der Waals surface area contributed by atoms with E-state index in [4.69, 9.17) is 10.00 Å². The van der Waals surface area contributed by atoms with E-state index < -0.39 is 0 Å². The quantitative estimate of drug-likeness (QED) is 0.598. The monoisotopic (exact) mass is 482 g/mol.